The average molecular weight is 388 g/mol. The van der Waals surface area contributed by atoms with Crippen molar-refractivity contribution in [3.63, 3.8) is 0 Å². The Balaban J connectivity index is 1.63. The number of benzene rings is 2. The van der Waals surface area contributed by atoms with Crippen molar-refractivity contribution in [1.29, 1.82) is 0 Å². The van der Waals surface area contributed by atoms with Crippen molar-refractivity contribution >= 4 is 33.0 Å². The Kier molecular flexibility index (Phi) is 5.40. The van der Waals surface area contributed by atoms with Crippen molar-refractivity contribution in [2.75, 3.05) is 5.32 Å². The maximum absolute atomic E-state index is 12.3. The molecule has 2 aromatic carbocycles. The third kappa shape index (κ3) is 4.51. The van der Waals surface area contributed by atoms with Gasteiger partial charge in [0.15, 0.2) is 0 Å². The molecule has 1 aromatic heterocycles. The molecule has 1 heterocycles. The Morgan fingerprint density at radius 3 is 2.42 bits per heavy atom. The Morgan fingerprint density at radius 1 is 1.04 bits per heavy atom. The summed E-state index contributed by atoms with van der Waals surface area (Å²) < 4.78 is 27.0. The summed E-state index contributed by atoms with van der Waals surface area (Å²) in [5.74, 6) is -0.388. The van der Waals surface area contributed by atoms with E-state index in [1.54, 1.807) is 36.4 Å². The number of hydrogen-bond donors (Lipinski definition) is 2. The van der Waals surface area contributed by atoms with Gasteiger partial charge < -0.3 is 5.32 Å². The molecule has 0 aliphatic carbocycles. The number of anilines is 1. The second kappa shape index (κ2) is 7.73. The number of carbonyl (C=O) groups excluding carboxylic acids is 1. The third-order valence-electron chi connectivity index (χ3n) is 3.44. The normalized spacial score (nSPS) is 11.3. The minimum Gasteiger partial charge on any atom is -0.320 e. The summed E-state index contributed by atoms with van der Waals surface area (Å²) >= 11 is 1.04. The molecule has 7 nitrogen and oxygen atoms in total. The minimum atomic E-state index is -3.65. The van der Waals surface area contributed by atoms with Gasteiger partial charge in [0.25, 0.3) is 5.91 Å². The largest absolute Gasteiger partial charge is 0.320 e. The summed E-state index contributed by atoms with van der Waals surface area (Å²) in [6, 6.07) is 15.5. The van der Waals surface area contributed by atoms with Crippen molar-refractivity contribution in [3.8, 4) is 0 Å². The number of hydrogen-bond acceptors (Lipinski definition) is 6. The molecule has 0 aliphatic rings. The van der Waals surface area contributed by atoms with Crippen molar-refractivity contribution in [2.24, 2.45) is 0 Å². The fraction of sp³-hybridized carbons (Fsp3) is 0.118. The molecule has 134 valence electrons. The first kappa shape index (κ1) is 18.2. The molecule has 0 bridgehead atoms. The molecule has 2 N–H and O–H groups in total. The van der Waals surface area contributed by atoms with E-state index in [4.69, 9.17) is 0 Å². The molecule has 0 unspecified atom stereocenters. The lowest BCUT2D eigenvalue weighted by Crippen LogP contribution is -2.23. The molecule has 3 aromatic rings. The van der Waals surface area contributed by atoms with Crippen LogP contribution < -0.4 is 10.0 Å². The maximum atomic E-state index is 12.3. The van der Waals surface area contributed by atoms with E-state index in [9.17, 15) is 13.2 Å². The number of aryl methyl sites for hydroxylation is 1. The lowest BCUT2D eigenvalue weighted by atomic mass is 10.2. The van der Waals surface area contributed by atoms with E-state index in [1.165, 1.54) is 12.1 Å². The van der Waals surface area contributed by atoms with Crippen LogP contribution in [0, 0.1) is 6.92 Å². The first-order valence-corrected chi connectivity index (χ1v) is 9.99. The number of nitrogens with zero attached hydrogens (tertiary/aromatic N) is 2. The van der Waals surface area contributed by atoms with E-state index >= 15 is 0 Å². The number of sulfonamides is 1. The average Bonchev–Trinajstić information content (AvgIpc) is 3.11. The van der Waals surface area contributed by atoms with Gasteiger partial charge >= 0.3 is 0 Å². The lowest BCUT2D eigenvalue weighted by Gasteiger charge is -2.05. The van der Waals surface area contributed by atoms with Gasteiger partial charge in [0, 0.05) is 5.69 Å². The summed E-state index contributed by atoms with van der Waals surface area (Å²) in [4.78, 5) is 12.3. The van der Waals surface area contributed by atoms with Crippen LogP contribution in [0.1, 0.15) is 20.4 Å². The maximum Gasteiger partial charge on any atom is 0.286 e. The molecule has 9 heteroatoms. The molecule has 0 saturated carbocycles. The quantitative estimate of drug-likeness (QED) is 0.676. The molecular weight excluding hydrogens is 372 g/mol. The van der Waals surface area contributed by atoms with E-state index in [0.717, 1.165) is 16.9 Å². The van der Waals surface area contributed by atoms with E-state index in [2.05, 4.69) is 20.2 Å². The molecule has 0 fully saturated rings. The topological polar surface area (TPSA) is 101 Å². The van der Waals surface area contributed by atoms with E-state index in [1.807, 2.05) is 13.0 Å². The van der Waals surface area contributed by atoms with Crippen molar-refractivity contribution in [1.82, 2.24) is 14.9 Å². The SMILES string of the molecule is Cc1ccc(S(=O)(=O)NCc2nnc(C(=O)Nc3ccccc3)s2)cc1. The van der Waals surface area contributed by atoms with E-state index in [-0.39, 0.29) is 22.4 Å². The minimum absolute atomic E-state index is 0.0352. The molecule has 0 radical (unpaired) electrons. The second-order valence-corrected chi connectivity index (χ2v) is 8.29. The van der Waals surface area contributed by atoms with Crippen LogP contribution in [0.5, 0.6) is 0 Å². The van der Waals surface area contributed by atoms with Crippen LogP contribution in [0.25, 0.3) is 0 Å². The van der Waals surface area contributed by atoms with Crippen molar-refractivity contribution in [3.05, 3.63) is 70.2 Å². The Bertz CT molecular complexity index is 1000. The van der Waals surface area contributed by atoms with Gasteiger partial charge in [-0.2, -0.15) is 0 Å². The van der Waals surface area contributed by atoms with Crippen LogP contribution in [-0.4, -0.2) is 24.5 Å². The second-order valence-electron chi connectivity index (χ2n) is 5.46. The van der Waals surface area contributed by atoms with Crippen molar-refractivity contribution in [2.45, 2.75) is 18.4 Å². The number of nitrogens with one attached hydrogen (secondary N) is 2. The van der Waals surface area contributed by atoms with Gasteiger partial charge in [-0.3, -0.25) is 4.79 Å². The predicted molar refractivity (Wildman–Crippen MR) is 99.5 cm³/mol. The molecule has 26 heavy (non-hydrogen) atoms. The first-order valence-electron chi connectivity index (χ1n) is 7.69. The van der Waals surface area contributed by atoms with Gasteiger partial charge in [-0.05, 0) is 31.2 Å². The number of amides is 1. The molecule has 0 saturated heterocycles. The highest BCUT2D eigenvalue weighted by molar-refractivity contribution is 7.89. The van der Waals surface area contributed by atoms with Gasteiger partial charge in [-0.15, -0.1) is 10.2 Å². The highest BCUT2D eigenvalue weighted by Gasteiger charge is 2.17. The summed E-state index contributed by atoms with van der Waals surface area (Å²) in [7, 11) is -3.65. The summed E-state index contributed by atoms with van der Waals surface area (Å²) in [5, 5.41) is 11.0. The zero-order valence-corrected chi connectivity index (χ0v) is 15.5. The highest BCUT2D eigenvalue weighted by Crippen LogP contribution is 2.15. The van der Waals surface area contributed by atoms with Gasteiger partial charge in [-0.1, -0.05) is 47.2 Å². The smallest absolute Gasteiger partial charge is 0.286 e. The Labute approximate surface area is 155 Å². The molecular formula is C17H16N4O3S2. The van der Waals surface area contributed by atoms with Gasteiger partial charge in [0.1, 0.15) is 5.01 Å². The van der Waals surface area contributed by atoms with E-state index in [0.29, 0.717) is 10.7 Å². The number of rotatable bonds is 6. The molecule has 1 amide bonds. The number of aromatic nitrogens is 2. The van der Waals surface area contributed by atoms with Crippen LogP contribution in [0.3, 0.4) is 0 Å². The van der Waals surface area contributed by atoms with Crippen LogP contribution in [0.15, 0.2) is 59.5 Å². The summed E-state index contributed by atoms with van der Waals surface area (Å²) in [5.41, 5.74) is 1.62. The van der Waals surface area contributed by atoms with Gasteiger partial charge in [0.2, 0.25) is 15.0 Å². The van der Waals surface area contributed by atoms with Crippen LogP contribution in [-0.2, 0) is 16.6 Å². The Morgan fingerprint density at radius 2 is 1.73 bits per heavy atom. The van der Waals surface area contributed by atoms with Crippen molar-refractivity contribution < 1.29 is 13.2 Å². The first-order chi connectivity index (χ1) is 12.4. The van der Waals surface area contributed by atoms with Gasteiger partial charge in [-0.25, -0.2) is 13.1 Å². The molecule has 0 aliphatic heterocycles. The molecule has 3 rings (SSSR count). The lowest BCUT2D eigenvalue weighted by molar-refractivity contribution is 0.102. The zero-order valence-electron chi connectivity index (χ0n) is 13.8. The van der Waals surface area contributed by atoms with Crippen LogP contribution >= 0.6 is 11.3 Å². The molecule has 0 atom stereocenters. The third-order valence-corrected chi connectivity index (χ3v) is 5.78. The zero-order chi connectivity index (χ0) is 18.6. The monoisotopic (exact) mass is 388 g/mol. The fourth-order valence-electron chi connectivity index (χ4n) is 2.08. The van der Waals surface area contributed by atoms with Crippen LogP contribution in [0.2, 0.25) is 0 Å². The number of para-hydroxylation sites is 1. The standard InChI is InChI=1S/C17H16N4O3S2/c1-12-7-9-14(10-8-12)26(23,24)18-11-15-20-21-17(25-15)16(22)19-13-5-3-2-4-6-13/h2-10,18H,11H2,1H3,(H,19,22). The fourth-order valence-corrected chi connectivity index (χ4v) is 3.83. The Hall–Kier alpha value is -2.62. The summed E-state index contributed by atoms with van der Waals surface area (Å²) in [6.45, 7) is 1.85. The molecule has 0 spiro atoms. The van der Waals surface area contributed by atoms with E-state index < -0.39 is 10.0 Å². The van der Waals surface area contributed by atoms with Crippen LogP contribution in [0.4, 0.5) is 5.69 Å². The summed E-state index contributed by atoms with van der Waals surface area (Å²) in [6.07, 6.45) is 0. The number of carbonyl (C=O) groups is 1. The predicted octanol–water partition coefficient (Wildman–Crippen LogP) is 2.58. The van der Waals surface area contributed by atoms with Gasteiger partial charge in [0.05, 0.1) is 11.4 Å². The highest BCUT2D eigenvalue weighted by atomic mass is 32.2.